The summed E-state index contributed by atoms with van der Waals surface area (Å²) in [4.78, 5) is 14.0. The first kappa shape index (κ1) is 14.4. The first-order chi connectivity index (χ1) is 6.82. The normalized spacial score (nSPS) is 14.1. The van der Waals surface area contributed by atoms with Crippen molar-refractivity contribution >= 4 is 5.91 Å². The van der Waals surface area contributed by atoms with Gasteiger partial charge in [0.05, 0.1) is 0 Å². The molecule has 0 aromatic rings. The number of hydrogen-bond acceptors (Lipinski definition) is 2. The Hall–Kier alpha value is -0.570. The largest absolute Gasteiger partial charge is 0.354 e. The number of carbonyl (C=O) groups is 1. The van der Waals surface area contributed by atoms with E-state index in [0.717, 1.165) is 19.6 Å². The Kier molecular flexibility index (Phi) is 5.88. The lowest BCUT2D eigenvalue weighted by Gasteiger charge is -2.27. The summed E-state index contributed by atoms with van der Waals surface area (Å²) in [5, 5.41) is 2.99. The molecule has 1 atom stereocenters. The van der Waals surface area contributed by atoms with Crippen molar-refractivity contribution < 1.29 is 4.79 Å². The van der Waals surface area contributed by atoms with E-state index in [0.29, 0.717) is 6.04 Å². The SMILES string of the molecule is CCN(CC)C(C)CNC(=O)C(C)(C)C. The van der Waals surface area contributed by atoms with Gasteiger partial charge in [0.1, 0.15) is 0 Å². The van der Waals surface area contributed by atoms with Crippen LogP contribution in [-0.4, -0.2) is 36.5 Å². The molecule has 0 saturated heterocycles. The summed E-state index contributed by atoms with van der Waals surface area (Å²) in [6, 6.07) is 0.409. The van der Waals surface area contributed by atoms with E-state index >= 15 is 0 Å². The van der Waals surface area contributed by atoms with Crippen LogP contribution < -0.4 is 5.32 Å². The number of hydrogen-bond donors (Lipinski definition) is 1. The molecule has 0 spiro atoms. The van der Waals surface area contributed by atoms with Crippen LogP contribution in [0.15, 0.2) is 0 Å². The molecule has 0 saturated carbocycles. The minimum atomic E-state index is -0.289. The molecule has 0 heterocycles. The van der Waals surface area contributed by atoms with Crippen LogP contribution in [0.3, 0.4) is 0 Å². The Bertz CT molecular complexity index is 192. The summed E-state index contributed by atoms with van der Waals surface area (Å²) in [5.41, 5.74) is -0.289. The van der Waals surface area contributed by atoms with Gasteiger partial charge in [-0.2, -0.15) is 0 Å². The zero-order valence-corrected chi connectivity index (χ0v) is 11.1. The van der Waals surface area contributed by atoms with Crippen LogP contribution in [0.4, 0.5) is 0 Å². The van der Waals surface area contributed by atoms with Gasteiger partial charge in [0.15, 0.2) is 0 Å². The first-order valence-electron chi connectivity index (χ1n) is 5.85. The highest BCUT2D eigenvalue weighted by molar-refractivity contribution is 5.81. The molecular formula is C12H26N2O. The average Bonchev–Trinajstić information content (AvgIpc) is 2.14. The van der Waals surface area contributed by atoms with Crippen LogP contribution in [0, 0.1) is 5.41 Å². The molecule has 1 amide bonds. The predicted octanol–water partition coefficient (Wildman–Crippen LogP) is 1.88. The van der Waals surface area contributed by atoms with E-state index in [1.807, 2.05) is 20.8 Å². The number of nitrogens with one attached hydrogen (secondary N) is 1. The Labute approximate surface area is 94.2 Å². The maximum Gasteiger partial charge on any atom is 0.225 e. The van der Waals surface area contributed by atoms with E-state index in [4.69, 9.17) is 0 Å². The highest BCUT2D eigenvalue weighted by Gasteiger charge is 2.21. The molecule has 3 heteroatoms. The van der Waals surface area contributed by atoms with Crippen molar-refractivity contribution in [1.82, 2.24) is 10.2 Å². The molecule has 1 unspecified atom stereocenters. The molecule has 0 radical (unpaired) electrons. The molecule has 0 aliphatic heterocycles. The quantitative estimate of drug-likeness (QED) is 0.758. The fourth-order valence-electron chi connectivity index (χ4n) is 1.48. The summed E-state index contributed by atoms with van der Waals surface area (Å²) in [5.74, 6) is 0.126. The van der Waals surface area contributed by atoms with Crippen molar-refractivity contribution in [2.75, 3.05) is 19.6 Å². The van der Waals surface area contributed by atoms with Crippen molar-refractivity contribution in [3.8, 4) is 0 Å². The van der Waals surface area contributed by atoms with Crippen molar-refractivity contribution in [2.45, 2.75) is 47.6 Å². The van der Waals surface area contributed by atoms with Gasteiger partial charge in [-0.05, 0) is 20.0 Å². The van der Waals surface area contributed by atoms with E-state index in [1.54, 1.807) is 0 Å². The van der Waals surface area contributed by atoms with E-state index in [1.165, 1.54) is 0 Å². The summed E-state index contributed by atoms with van der Waals surface area (Å²) in [7, 11) is 0. The molecule has 90 valence electrons. The lowest BCUT2D eigenvalue weighted by Crippen LogP contribution is -2.44. The second kappa shape index (κ2) is 6.11. The summed E-state index contributed by atoms with van der Waals surface area (Å²) in [6.45, 7) is 15.0. The fraction of sp³-hybridized carbons (Fsp3) is 0.917. The molecule has 3 nitrogen and oxygen atoms in total. The Morgan fingerprint density at radius 3 is 2.07 bits per heavy atom. The lowest BCUT2D eigenvalue weighted by molar-refractivity contribution is -0.128. The Morgan fingerprint density at radius 2 is 1.73 bits per heavy atom. The smallest absolute Gasteiger partial charge is 0.225 e. The molecular weight excluding hydrogens is 188 g/mol. The minimum absolute atomic E-state index is 0.126. The third-order valence-corrected chi connectivity index (χ3v) is 2.67. The minimum Gasteiger partial charge on any atom is -0.354 e. The van der Waals surface area contributed by atoms with E-state index in [-0.39, 0.29) is 11.3 Å². The molecule has 0 aliphatic carbocycles. The zero-order chi connectivity index (χ0) is 12.1. The molecule has 0 fully saturated rings. The van der Waals surface area contributed by atoms with Gasteiger partial charge in [-0.15, -0.1) is 0 Å². The number of nitrogens with zero attached hydrogens (tertiary/aromatic N) is 1. The maximum atomic E-state index is 11.6. The van der Waals surface area contributed by atoms with E-state index in [9.17, 15) is 4.79 Å². The van der Waals surface area contributed by atoms with Crippen molar-refractivity contribution in [3.05, 3.63) is 0 Å². The highest BCUT2D eigenvalue weighted by atomic mass is 16.2. The van der Waals surface area contributed by atoms with Gasteiger partial charge in [-0.3, -0.25) is 9.69 Å². The Balaban J connectivity index is 4.00. The Morgan fingerprint density at radius 1 is 1.27 bits per heavy atom. The van der Waals surface area contributed by atoms with Crippen molar-refractivity contribution in [2.24, 2.45) is 5.41 Å². The van der Waals surface area contributed by atoms with Crippen LogP contribution in [-0.2, 0) is 4.79 Å². The number of carbonyl (C=O) groups excluding carboxylic acids is 1. The molecule has 0 rings (SSSR count). The second-order valence-corrected chi connectivity index (χ2v) is 5.03. The van der Waals surface area contributed by atoms with Crippen LogP contribution in [0.1, 0.15) is 41.5 Å². The highest BCUT2D eigenvalue weighted by Crippen LogP contribution is 2.12. The van der Waals surface area contributed by atoms with Crippen LogP contribution in [0.2, 0.25) is 0 Å². The van der Waals surface area contributed by atoms with Gasteiger partial charge in [0.2, 0.25) is 5.91 Å². The van der Waals surface area contributed by atoms with Crippen molar-refractivity contribution in [3.63, 3.8) is 0 Å². The van der Waals surface area contributed by atoms with Gasteiger partial charge in [0.25, 0.3) is 0 Å². The fourth-order valence-corrected chi connectivity index (χ4v) is 1.48. The monoisotopic (exact) mass is 214 g/mol. The number of likely N-dealkylation sites (N-methyl/N-ethyl adjacent to an activating group) is 1. The van der Waals surface area contributed by atoms with Gasteiger partial charge in [-0.1, -0.05) is 34.6 Å². The molecule has 0 bridgehead atoms. The predicted molar refractivity (Wildman–Crippen MR) is 64.8 cm³/mol. The van der Waals surface area contributed by atoms with Gasteiger partial charge in [-0.25, -0.2) is 0 Å². The second-order valence-electron chi connectivity index (χ2n) is 5.03. The lowest BCUT2D eigenvalue weighted by atomic mass is 9.95. The summed E-state index contributed by atoms with van der Waals surface area (Å²) in [6.07, 6.45) is 0. The summed E-state index contributed by atoms with van der Waals surface area (Å²) >= 11 is 0. The molecule has 1 N–H and O–H groups in total. The maximum absolute atomic E-state index is 11.6. The van der Waals surface area contributed by atoms with Gasteiger partial charge >= 0.3 is 0 Å². The molecule has 0 aliphatic rings. The van der Waals surface area contributed by atoms with E-state index in [2.05, 4.69) is 31.0 Å². The van der Waals surface area contributed by atoms with Gasteiger partial charge in [0, 0.05) is 18.0 Å². The summed E-state index contributed by atoms with van der Waals surface area (Å²) < 4.78 is 0. The third-order valence-electron chi connectivity index (χ3n) is 2.67. The van der Waals surface area contributed by atoms with Crippen molar-refractivity contribution in [1.29, 1.82) is 0 Å². The standard InChI is InChI=1S/C12H26N2O/c1-7-14(8-2)10(3)9-13-11(15)12(4,5)6/h10H,7-9H2,1-6H3,(H,13,15). The molecule has 15 heavy (non-hydrogen) atoms. The molecule has 0 aromatic heterocycles. The zero-order valence-electron chi connectivity index (χ0n) is 11.1. The van der Waals surface area contributed by atoms with Crippen LogP contribution in [0.25, 0.3) is 0 Å². The van der Waals surface area contributed by atoms with Crippen LogP contribution in [0.5, 0.6) is 0 Å². The first-order valence-corrected chi connectivity index (χ1v) is 5.85. The van der Waals surface area contributed by atoms with E-state index < -0.39 is 0 Å². The number of amides is 1. The molecule has 0 aromatic carbocycles. The topological polar surface area (TPSA) is 32.3 Å². The van der Waals surface area contributed by atoms with Gasteiger partial charge < -0.3 is 5.32 Å². The average molecular weight is 214 g/mol. The number of rotatable bonds is 5. The third kappa shape index (κ3) is 5.17. The van der Waals surface area contributed by atoms with Crippen LogP contribution >= 0.6 is 0 Å².